The highest BCUT2D eigenvalue weighted by molar-refractivity contribution is 5.75. The highest BCUT2D eigenvalue weighted by Crippen LogP contribution is 2.34. The SMILES string of the molecule is COCc1cccc(-c2c(C)cc(OCC[C@@H](C)O)cc2C)c1C. The number of methoxy groups -OCH3 is 1. The lowest BCUT2D eigenvalue weighted by atomic mass is 9.90. The van der Waals surface area contributed by atoms with Gasteiger partial charge in [-0.1, -0.05) is 18.2 Å². The summed E-state index contributed by atoms with van der Waals surface area (Å²) in [5.74, 6) is 0.861. The van der Waals surface area contributed by atoms with Gasteiger partial charge in [-0.3, -0.25) is 0 Å². The average molecular weight is 328 g/mol. The third kappa shape index (κ3) is 4.37. The summed E-state index contributed by atoms with van der Waals surface area (Å²) in [6.45, 7) is 9.31. The summed E-state index contributed by atoms with van der Waals surface area (Å²) >= 11 is 0. The van der Waals surface area contributed by atoms with Crippen LogP contribution in [0.5, 0.6) is 5.75 Å². The lowest BCUT2D eigenvalue weighted by molar-refractivity contribution is 0.155. The van der Waals surface area contributed by atoms with E-state index >= 15 is 0 Å². The topological polar surface area (TPSA) is 38.7 Å². The fraction of sp³-hybridized carbons (Fsp3) is 0.429. The van der Waals surface area contributed by atoms with Crippen molar-refractivity contribution in [2.75, 3.05) is 13.7 Å². The lowest BCUT2D eigenvalue weighted by Crippen LogP contribution is -2.07. The van der Waals surface area contributed by atoms with E-state index in [0.29, 0.717) is 19.6 Å². The predicted molar refractivity (Wildman–Crippen MR) is 98.6 cm³/mol. The number of hydrogen-bond acceptors (Lipinski definition) is 3. The van der Waals surface area contributed by atoms with Gasteiger partial charge in [-0.15, -0.1) is 0 Å². The zero-order valence-electron chi connectivity index (χ0n) is 15.3. The minimum Gasteiger partial charge on any atom is -0.493 e. The van der Waals surface area contributed by atoms with Crippen molar-refractivity contribution in [3.05, 3.63) is 52.6 Å². The van der Waals surface area contributed by atoms with E-state index in [0.717, 1.165) is 5.75 Å². The molecule has 3 heteroatoms. The van der Waals surface area contributed by atoms with Crippen molar-refractivity contribution in [3.8, 4) is 16.9 Å². The Morgan fingerprint density at radius 2 is 1.75 bits per heavy atom. The predicted octanol–water partition coefficient (Wildman–Crippen LogP) is 4.57. The van der Waals surface area contributed by atoms with Gasteiger partial charge in [-0.25, -0.2) is 0 Å². The van der Waals surface area contributed by atoms with Gasteiger partial charge in [-0.2, -0.15) is 0 Å². The summed E-state index contributed by atoms with van der Waals surface area (Å²) in [4.78, 5) is 0. The summed E-state index contributed by atoms with van der Waals surface area (Å²) in [5, 5.41) is 9.34. The molecule has 0 heterocycles. The maximum Gasteiger partial charge on any atom is 0.119 e. The molecule has 0 aromatic heterocycles. The zero-order chi connectivity index (χ0) is 17.7. The van der Waals surface area contributed by atoms with Crippen LogP contribution in [0.2, 0.25) is 0 Å². The van der Waals surface area contributed by atoms with E-state index in [1.165, 1.54) is 33.4 Å². The number of ether oxygens (including phenoxy) is 2. The Kier molecular flexibility index (Phi) is 6.41. The first-order valence-corrected chi connectivity index (χ1v) is 8.44. The van der Waals surface area contributed by atoms with Crippen LogP contribution in [0.15, 0.2) is 30.3 Å². The van der Waals surface area contributed by atoms with Crippen LogP contribution in [0.4, 0.5) is 0 Å². The van der Waals surface area contributed by atoms with Gasteiger partial charge in [0.2, 0.25) is 0 Å². The maximum atomic E-state index is 9.34. The van der Waals surface area contributed by atoms with Crippen LogP contribution in [0, 0.1) is 20.8 Å². The molecule has 0 aliphatic heterocycles. The second-order valence-corrected chi connectivity index (χ2v) is 6.44. The molecule has 0 saturated heterocycles. The zero-order valence-corrected chi connectivity index (χ0v) is 15.3. The van der Waals surface area contributed by atoms with Crippen LogP contribution < -0.4 is 4.74 Å². The van der Waals surface area contributed by atoms with Crippen molar-refractivity contribution in [1.82, 2.24) is 0 Å². The number of benzene rings is 2. The Labute approximate surface area is 145 Å². The third-order valence-electron chi connectivity index (χ3n) is 4.33. The molecule has 2 aromatic rings. The van der Waals surface area contributed by atoms with Gasteiger partial charge in [0, 0.05) is 13.5 Å². The minimum atomic E-state index is -0.336. The number of aryl methyl sites for hydroxylation is 2. The largest absolute Gasteiger partial charge is 0.493 e. The summed E-state index contributed by atoms with van der Waals surface area (Å²) in [7, 11) is 1.72. The van der Waals surface area contributed by atoms with Crippen molar-refractivity contribution >= 4 is 0 Å². The van der Waals surface area contributed by atoms with E-state index in [-0.39, 0.29) is 6.10 Å². The fourth-order valence-electron chi connectivity index (χ4n) is 3.05. The summed E-state index contributed by atoms with van der Waals surface area (Å²) in [6, 6.07) is 10.5. The molecule has 0 aliphatic rings. The Balaban J connectivity index is 2.33. The highest BCUT2D eigenvalue weighted by atomic mass is 16.5. The first kappa shape index (κ1) is 18.5. The van der Waals surface area contributed by atoms with Gasteiger partial charge >= 0.3 is 0 Å². The summed E-state index contributed by atoms with van der Waals surface area (Å²) < 4.78 is 11.1. The molecule has 2 rings (SSSR count). The van der Waals surface area contributed by atoms with Crippen molar-refractivity contribution in [2.24, 2.45) is 0 Å². The van der Waals surface area contributed by atoms with E-state index < -0.39 is 0 Å². The second kappa shape index (κ2) is 8.32. The molecule has 2 aromatic carbocycles. The van der Waals surface area contributed by atoms with E-state index in [2.05, 4.69) is 51.1 Å². The van der Waals surface area contributed by atoms with Gasteiger partial charge in [0.15, 0.2) is 0 Å². The third-order valence-corrected chi connectivity index (χ3v) is 4.33. The molecule has 0 saturated carbocycles. The van der Waals surface area contributed by atoms with E-state index in [4.69, 9.17) is 9.47 Å². The molecule has 0 aliphatic carbocycles. The molecule has 0 bridgehead atoms. The smallest absolute Gasteiger partial charge is 0.119 e. The van der Waals surface area contributed by atoms with Gasteiger partial charge in [0.25, 0.3) is 0 Å². The second-order valence-electron chi connectivity index (χ2n) is 6.44. The molecule has 130 valence electrons. The van der Waals surface area contributed by atoms with Crippen LogP contribution in [-0.4, -0.2) is 24.9 Å². The molecular weight excluding hydrogens is 300 g/mol. The standard InChI is InChI=1S/C21H28O3/c1-14-11-19(24-10-9-16(3)22)12-15(2)21(14)20-8-6-7-18(13-23-5)17(20)4/h6-8,11-12,16,22H,9-10,13H2,1-5H3/t16-/m1/s1. The lowest BCUT2D eigenvalue weighted by Gasteiger charge is -2.17. The molecule has 0 spiro atoms. The quantitative estimate of drug-likeness (QED) is 0.809. The monoisotopic (exact) mass is 328 g/mol. The van der Waals surface area contributed by atoms with Crippen molar-refractivity contribution in [2.45, 2.75) is 46.8 Å². The Morgan fingerprint density at radius 1 is 1.08 bits per heavy atom. The van der Waals surface area contributed by atoms with Crippen molar-refractivity contribution in [1.29, 1.82) is 0 Å². The molecule has 0 fully saturated rings. The van der Waals surface area contributed by atoms with Gasteiger partial charge in [0.05, 0.1) is 19.3 Å². The van der Waals surface area contributed by atoms with Gasteiger partial charge < -0.3 is 14.6 Å². The number of rotatable bonds is 7. The highest BCUT2D eigenvalue weighted by Gasteiger charge is 2.12. The summed E-state index contributed by atoms with van der Waals surface area (Å²) in [5.41, 5.74) is 7.36. The first-order chi connectivity index (χ1) is 11.4. The van der Waals surface area contributed by atoms with Crippen LogP contribution in [0.3, 0.4) is 0 Å². The molecule has 3 nitrogen and oxygen atoms in total. The number of hydrogen-bond donors (Lipinski definition) is 1. The van der Waals surface area contributed by atoms with Gasteiger partial charge in [-0.05, 0) is 73.2 Å². The fourth-order valence-corrected chi connectivity index (χ4v) is 3.05. The Hall–Kier alpha value is -1.84. The van der Waals surface area contributed by atoms with Crippen LogP contribution in [0.1, 0.15) is 35.6 Å². The number of aliphatic hydroxyl groups excluding tert-OH is 1. The van der Waals surface area contributed by atoms with Crippen molar-refractivity contribution < 1.29 is 14.6 Å². The molecule has 0 unspecified atom stereocenters. The van der Waals surface area contributed by atoms with E-state index in [1.807, 2.05) is 0 Å². The molecule has 1 N–H and O–H groups in total. The molecular formula is C21H28O3. The van der Waals surface area contributed by atoms with Crippen LogP contribution in [-0.2, 0) is 11.3 Å². The first-order valence-electron chi connectivity index (χ1n) is 8.44. The van der Waals surface area contributed by atoms with Crippen LogP contribution >= 0.6 is 0 Å². The normalized spacial score (nSPS) is 12.2. The molecule has 0 radical (unpaired) electrons. The molecule has 1 atom stereocenters. The number of aliphatic hydroxyl groups is 1. The Bertz CT molecular complexity index is 666. The van der Waals surface area contributed by atoms with Crippen molar-refractivity contribution in [3.63, 3.8) is 0 Å². The Morgan fingerprint density at radius 3 is 2.33 bits per heavy atom. The molecule has 24 heavy (non-hydrogen) atoms. The van der Waals surface area contributed by atoms with Gasteiger partial charge in [0.1, 0.15) is 5.75 Å². The summed E-state index contributed by atoms with van der Waals surface area (Å²) in [6.07, 6.45) is 0.301. The molecule has 0 amide bonds. The van der Waals surface area contributed by atoms with Crippen LogP contribution in [0.25, 0.3) is 11.1 Å². The minimum absolute atomic E-state index is 0.336. The average Bonchev–Trinajstić information content (AvgIpc) is 2.50. The van der Waals surface area contributed by atoms with E-state index in [1.54, 1.807) is 14.0 Å². The van der Waals surface area contributed by atoms with E-state index in [9.17, 15) is 5.11 Å². The maximum absolute atomic E-state index is 9.34.